The highest BCUT2D eigenvalue weighted by atomic mass is 15.3. The molecule has 78 valence electrons. The average Bonchev–Trinajstić information content (AvgIpc) is 2.08. The highest BCUT2D eigenvalue weighted by Gasteiger charge is 2.29. The lowest BCUT2D eigenvalue weighted by Gasteiger charge is -2.45. The van der Waals surface area contributed by atoms with Crippen LogP contribution in [0, 0.1) is 0 Å². The number of nitrogens with zero attached hydrogens (tertiary/aromatic N) is 2. The van der Waals surface area contributed by atoms with Gasteiger partial charge >= 0.3 is 0 Å². The van der Waals surface area contributed by atoms with Crippen LogP contribution < -0.4 is 5.73 Å². The Balaban J connectivity index is 2.61. The number of piperazine rings is 1. The third-order valence-corrected chi connectivity index (χ3v) is 3.13. The van der Waals surface area contributed by atoms with Gasteiger partial charge < -0.3 is 10.6 Å². The summed E-state index contributed by atoms with van der Waals surface area (Å²) in [5.41, 5.74) is 5.77. The summed E-state index contributed by atoms with van der Waals surface area (Å²) >= 11 is 0. The molecule has 2 N–H and O–H groups in total. The lowest BCUT2D eigenvalue weighted by molar-refractivity contribution is 0.0343. The second kappa shape index (κ2) is 4.40. The van der Waals surface area contributed by atoms with Crippen LogP contribution in [0.5, 0.6) is 0 Å². The summed E-state index contributed by atoms with van der Waals surface area (Å²) in [5.74, 6) is 0. The number of hydrogen-bond donors (Lipinski definition) is 1. The molecule has 1 heterocycles. The topological polar surface area (TPSA) is 32.5 Å². The molecule has 1 rings (SSSR count). The summed E-state index contributed by atoms with van der Waals surface area (Å²) in [5, 5.41) is 0. The first-order valence-electron chi connectivity index (χ1n) is 5.22. The zero-order chi connectivity index (χ0) is 10.0. The van der Waals surface area contributed by atoms with Crippen LogP contribution >= 0.6 is 0 Å². The van der Waals surface area contributed by atoms with Gasteiger partial charge in [-0.05, 0) is 27.8 Å². The molecule has 0 radical (unpaired) electrons. The first-order chi connectivity index (χ1) is 6.06. The van der Waals surface area contributed by atoms with Crippen molar-refractivity contribution in [3.63, 3.8) is 0 Å². The zero-order valence-electron chi connectivity index (χ0n) is 9.33. The van der Waals surface area contributed by atoms with Gasteiger partial charge in [-0.1, -0.05) is 0 Å². The molecular weight excluding hydrogens is 162 g/mol. The van der Waals surface area contributed by atoms with Crippen molar-refractivity contribution in [3.8, 4) is 0 Å². The second-order valence-electron chi connectivity index (χ2n) is 4.47. The molecule has 0 amide bonds. The third kappa shape index (κ3) is 2.42. The van der Waals surface area contributed by atoms with Crippen molar-refractivity contribution < 1.29 is 0 Å². The van der Waals surface area contributed by atoms with E-state index in [1.165, 1.54) is 0 Å². The van der Waals surface area contributed by atoms with Crippen LogP contribution in [0.1, 0.15) is 20.8 Å². The van der Waals surface area contributed by atoms with E-state index in [9.17, 15) is 0 Å². The molecule has 0 aromatic heterocycles. The van der Waals surface area contributed by atoms with E-state index in [0.717, 1.165) is 19.6 Å². The van der Waals surface area contributed by atoms with E-state index in [-0.39, 0.29) is 0 Å². The maximum atomic E-state index is 5.77. The van der Waals surface area contributed by atoms with Gasteiger partial charge in [-0.3, -0.25) is 4.90 Å². The summed E-state index contributed by atoms with van der Waals surface area (Å²) in [4.78, 5) is 4.92. The van der Waals surface area contributed by atoms with Crippen LogP contribution in [-0.2, 0) is 0 Å². The van der Waals surface area contributed by atoms with Gasteiger partial charge in [-0.15, -0.1) is 0 Å². The third-order valence-electron chi connectivity index (χ3n) is 3.13. The molecule has 3 heteroatoms. The van der Waals surface area contributed by atoms with E-state index in [1.54, 1.807) is 0 Å². The molecule has 0 aliphatic carbocycles. The Morgan fingerprint density at radius 3 is 2.46 bits per heavy atom. The smallest absolute Gasteiger partial charge is 0.0349 e. The number of likely N-dealkylation sites (N-methyl/N-ethyl adjacent to an activating group) is 1. The van der Waals surface area contributed by atoms with Crippen LogP contribution in [-0.4, -0.2) is 54.6 Å². The van der Waals surface area contributed by atoms with Gasteiger partial charge in [0.2, 0.25) is 0 Å². The summed E-state index contributed by atoms with van der Waals surface area (Å²) in [6.45, 7) is 9.81. The molecule has 0 aromatic carbocycles. The van der Waals surface area contributed by atoms with Crippen molar-refractivity contribution in [2.24, 2.45) is 5.73 Å². The predicted molar refractivity (Wildman–Crippen MR) is 56.8 cm³/mol. The summed E-state index contributed by atoms with van der Waals surface area (Å²) in [6.07, 6.45) is 0. The molecule has 0 spiro atoms. The minimum atomic E-state index is 0.543. The van der Waals surface area contributed by atoms with Crippen molar-refractivity contribution in [1.82, 2.24) is 9.80 Å². The molecule has 3 nitrogen and oxygen atoms in total. The van der Waals surface area contributed by atoms with Gasteiger partial charge in [0.05, 0.1) is 0 Å². The molecule has 13 heavy (non-hydrogen) atoms. The van der Waals surface area contributed by atoms with E-state index in [0.29, 0.717) is 18.1 Å². The zero-order valence-corrected chi connectivity index (χ0v) is 9.33. The molecule has 1 aliphatic rings. The molecule has 0 bridgehead atoms. The molecule has 1 saturated heterocycles. The van der Waals surface area contributed by atoms with Crippen LogP contribution in [0.3, 0.4) is 0 Å². The van der Waals surface area contributed by atoms with Crippen LogP contribution in [0.25, 0.3) is 0 Å². The predicted octanol–water partition coefficient (Wildman–Crippen LogP) is 0.358. The first-order valence-corrected chi connectivity index (χ1v) is 5.22. The Hall–Kier alpha value is -0.120. The molecule has 0 aromatic rings. The van der Waals surface area contributed by atoms with Gasteiger partial charge in [0.15, 0.2) is 0 Å². The van der Waals surface area contributed by atoms with Crippen LogP contribution in [0.2, 0.25) is 0 Å². The van der Waals surface area contributed by atoms with E-state index >= 15 is 0 Å². The molecule has 0 saturated carbocycles. The van der Waals surface area contributed by atoms with Crippen molar-refractivity contribution in [2.75, 3.05) is 26.7 Å². The molecule has 1 fully saturated rings. The standard InChI is InChI=1S/C10H23N3/c1-8(2)13-6-9(3)12(4)7-10(13)5-11/h8-10H,5-7,11H2,1-4H3. The van der Waals surface area contributed by atoms with Gasteiger partial charge in [-0.25, -0.2) is 0 Å². The van der Waals surface area contributed by atoms with Crippen LogP contribution in [0.15, 0.2) is 0 Å². The first kappa shape index (κ1) is 11.0. The highest BCUT2D eigenvalue weighted by molar-refractivity contribution is 4.87. The number of hydrogen-bond acceptors (Lipinski definition) is 3. The number of rotatable bonds is 2. The minimum Gasteiger partial charge on any atom is -0.329 e. The molecular formula is C10H23N3. The van der Waals surface area contributed by atoms with E-state index in [4.69, 9.17) is 5.73 Å². The Morgan fingerprint density at radius 1 is 1.38 bits per heavy atom. The van der Waals surface area contributed by atoms with Crippen molar-refractivity contribution in [1.29, 1.82) is 0 Å². The maximum Gasteiger partial charge on any atom is 0.0349 e. The minimum absolute atomic E-state index is 0.543. The average molecular weight is 185 g/mol. The summed E-state index contributed by atoms with van der Waals surface area (Å²) < 4.78 is 0. The SMILES string of the molecule is CC1CN(C(C)C)C(CN)CN1C. The summed E-state index contributed by atoms with van der Waals surface area (Å²) in [7, 11) is 2.19. The van der Waals surface area contributed by atoms with Gasteiger partial charge in [0.25, 0.3) is 0 Å². The van der Waals surface area contributed by atoms with E-state index in [2.05, 4.69) is 37.6 Å². The van der Waals surface area contributed by atoms with Crippen molar-refractivity contribution in [2.45, 2.75) is 38.9 Å². The van der Waals surface area contributed by atoms with E-state index < -0.39 is 0 Å². The molecule has 2 unspecified atom stereocenters. The molecule has 2 atom stereocenters. The number of nitrogens with two attached hydrogens (primary N) is 1. The van der Waals surface area contributed by atoms with Crippen molar-refractivity contribution >= 4 is 0 Å². The quantitative estimate of drug-likeness (QED) is 0.674. The second-order valence-corrected chi connectivity index (χ2v) is 4.47. The Morgan fingerprint density at radius 2 is 2.00 bits per heavy atom. The lowest BCUT2D eigenvalue weighted by atomic mass is 10.1. The van der Waals surface area contributed by atoms with E-state index in [1.807, 2.05) is 0 Å². The van der Waals surface area contributed by atoms with Crippen molar-refractivity contribution in [3.05, 3.63) is 0 Å². The highest BCUT2D eigenvalue weighted by Crippen LogP contribution is 2.15. The maximum absolute atomic E-state index is 5.77. The fraction of sp³-hybridized carbons (Fsp3) is 1.00. The molecule has 1 aliphatic heterocycles. The summed E-state index contributed by atoms with van der Waals surface area (Å²) in [6, 6.07) is 1.82. The largest absolute Gasteiger partial charge is 0.329 e. The van der Waals surface area contributed by atoms with Gasteiger partial charge in [0, 0.05) is 37.8 Å². The lowest BCUT2D eigenvalue weighted by Crippen LogP contribution is -2.60. The fourth-order valence-corrected chi connectivity index (χ4v) is 2.05. The fourth-order valence-electron chi connectivity index (χ4n) is 2.05. The van der Waals surface area contributed by atoms with Crippen LogP contribution in [0.4, 0.5) is 0 Å². The van der Waals surface area contributed by atoms with Gasteiger partial charge in [0.1, 0.15) is 0 Å². The Labute approximate surface area is 81.9 Å². The Kier molecular flexibility index (Phi) is 3.71. The monoisotopic (exact) mass is 185 g/mol. The van der Waals surface area contributed by atoms with Gasteiger partial charge in [-0.2, -0.15) is 0 Å². The Bertz CT molecular complexity index is 158. The normalized spacial score (nSPS) is 32.8.